The van der Waals surface area contributed by atoms with Crippen LogP contribution in [-0.4, -0.2) is 34.6 Å². The van der Waals surface area contributed by atoms with Crippen molar-refractivity contribution in [2.75, 3.05) is 20.3 Å². The van der Waals surface area contributed by atoms with E-state index < -0.39 is 26.6 Å². The molecule has 0 bridgehead atoms. The molecular formula is C11H14BrFN2O4S. The summed E-state index contributed by atoms with van der Waals surface area (Å²) in [5.41, 5.74) is -0.133. The van der Waals surface area contributed by atoms with Crippen LogP contribution in [0.1, 0.15) is 16.8 Å². The first kappa shape index (κ1) is 17.0. The molecular weight excluding hydrogens is 355 g/mol. The fourth-order valence-electron chi connectivity index (χ4n) is 1.45. The average Bonchev–Trinajstić information content (AvgIpc) is 2.35. The molecule has 0 saturated carbocycles. The molecule has 0 aliphatic carbocycles. The van der Waals surface area contributed by atoms with E-state index >= 15 is 0 Å². The summed E-state index contributed by atoms with van der Waals surface area (Å²) >= 11 is 2.96. The Labute approximate surface area is 124 Å². The van der Waals surface area contributed by atoms with Crippen molar-refractivity contribution in [3.63, 3.8) is 0 Å². The Morgan fingerprint density at radius 3 is 2.70 bits per heavy atom. The molecule has 0 atom stereocenters. The number of carbonyl (C=O) groups excluding carboxylic acids is 1. The third kappa shape index (κ3) is 4.51. The van der Waals surface area contributed by atoms with Crippen molar-refractivity contribution < 1.29 is 22.3 Å². The minimum Gasteiger partial charge on any atom is -0.385 e. The van der Waals surface area contributed by atoms with Crippen LogP contribution in [0.2, 0.25) is 0 Å². The summed E-state index contributed by atoms with van der Waals surface area (Å²) in [5.74, 6) is -1.46. The number of sulfonamides is 1. The fourth-order valence-corrected chi connectivity index (χ4v) is 3.17. The number of carbonyl (C=O) groups is 1. The first-order chi connectivity index (χ1) is 9.27. The molecule has 0 saturated heterocycles. The van der Waals surface area contributed by atoms with Gasteiger partial charge >= 0.3 is 0 Å². The van der Waals surface area contributed by atoms with E-state index in [4.69, 9.17) is 9.88 Å². The highest BCUT2D eigenvalue weighted by molar-refractivity contribution is 9.10. The van der Waals surface area contributed by atoms with Crippen LogP contribution >= 0.6 is 15.9 Å². The Kier molecular flexibility index (Phi) is 6.06. The van der Waals surface area contributed by atoms with Gasteiger partial charge in [0.05, 0.1) is 14.9 Å². The first-order valence-corrected chi connectivity index (χ1v) is 7.90. The molecule has 0 aliphatic rings. The van der Waals surface area contributed by atoms with Crippen LogP contribution in [0.3, 0.4) is 0 Å². The lowest BCUT2D eigenvalue weighted by atomic mass is 10.2. The van der Waals surface area contributed by atoms with Gasteiger partial charge in [-0.1, -0.05) is 0 Å². The minimum absolute atomic E-state index is 0.0642. The molecule has 0 radical (unpaired) electrons. The number of primary sulfonamides is 1. The van der Waals surface area contributed by atoms with Crippen LogP contribution in [0, 0.1) is 5.82 Å². The van der Waals surface area contributed by atoms with E-state index in [1.165, 1.54) is 7.11 Å². The summed E-state index contributed by atoms with van der Waals surface area (Å²) < 4.78 is 40.8. The molecule has 0 fully saturated rings. The Hall–Kier alpha value is -1.03. The predicted molar refractivity (Wildman–Crippen MR) is 74.3 cm³/mol. The lowest BCUT2D eigenvalue weighted by Gasteiger charge is -2.10. The maximum atomic E-state index is 13.4. The van der Waals surface area contributed by atoms with Crippen LogP contribution in [0.15, 0.2) is 21.5 Å². The van der Waals surface area contributed by atoms with Crippen molar-refractivity contribution in [2.45, 2.75) is 11.3 Å². The number of halogens is 2. The molecule has 0 aliphatic heterocycles. The molecule has 3 N–H and O–H groups in total. The standard InChI is InChI=1S/C11H14BrFN2O4S/c1-19-4-2-3-15-11(16)8-5-7(13)6-9(10(8)12)20(14,17)18/h5-6H,2-4H2,1H3,(H,15,16)(H2,14,17,18). The van der Waals surface area contributed by atoms with Gasteiger partial charge in [0.25, 0.3) is 5.91 Å². The predicted octanol–water partition coefficient (Wildman–Crippen LogP) is 1.00. The van der Waals surface area contributed by atoms with E-state index in [9.17, 15) is 17.6 Å². The van der Waals surface area contributed by atoms with Crippen molar-refractivity contribution in [1.29, 1.82) is 0 Å². The quantitative estimate of drug-likeness (QED) is 0.731. The number of benzene rings is 1. The van der Waals surface area contributed by atoms with Gasteiger partial charge in [-0.3, -0.25) is 4.79 Å². The second-order valence-corrected chi connectivity index (χ2v) is 6.24. The third-order valence-electron chi connectivity index (χ3n) is 2.37. The number of methoxy groups -OCH3 is 1. The number of hydrogen-bond donors (Lipinski definition) is 2. The van der Waals surface area contributed by atoms with Crippen LogP contribution in [0.5, 0.6) is 0 Å². The summed E-state index contributed by atoms with van der Waals surface area (Å²) in [6, 6.07) is 1.69. The molecule has 20 heavy (non-hydrogen) atoms. The highest BCUT2D eigenvalue weighted by Crippen LogP contribution is 2.26. The van der Waals surface area contributed by atoms with Gasteiger partial charge in [-0.05, 0) is 34.5 Å². The molecule has 1 amide bonds. The number of rotatable bonds is 6. The average molecular weight is 369 g/mol. The van der Waals surface area contributed by atoms with Gasteiger partial charge in [0.1, 0.15) is 5.82 Å². The van der Waals surface area contributed by atoms with Gasteiger partial charge in [-0.15, -0.1) is 0 Å². The number of amides is 1. The molecule has 0 spiro atoms. The minimum atomic E-state index is -4.13. The zero-order chi connectivity index (χ0) is 15.3. The highest BCUT2D eigenvalue weighted by Gasteiger charge is 2.21. The monoisotopic (exact) mass is 368 g/mol. The molecule has 112 valence electrons. The van der Waals surface area contributed by atoms with E-state index in [2.05, 4.69) is 21.2 Å². The van der Waals surface area contributed by atoms with E-state index in [0.717, 1.165) is 12.1 Å². The van der Waals surface area contributed by atoms with Crippen LogP contribution in [0.4, 0.5) is 4.39 Å². The lowest BCUT2D eigenvalue weighted by Crippen LogP contribution is -2.26. The lowest BCUT2D eigenvalue weighted by molar-refractivity contribution is 0.0947. The largest absolute Gasteiger partial charge is 0.385 e. The SMILES string of the molecule is COCCCNC(=O)c1cc(F)cc(S(N)(=O)=O)c1Br. The summed E-state index contributed by atoms with van der Waals surface area (Å²) in [6.07, 6.45) is 0.581. The fraction of sp³-hybridized carbons (Fsp3) is 0.364. The zero-order valence-corrected chi connectivity index (χ0v) is 13.1. The number of ether oxygens (including phenoxy) is 1. The Morgan fingerprint density at radius 1 is 1.50 bits per heavy atom. The second kappa shape index (κ2) is 7.11. The van der Waals surface area contributed by atoms with Crippen molar-refractivity contribution in [3.05, 3.63) is 28.0 Å². The molecule has 1 aromatic carbocycles. The Balaban J connectivity index is 3.01. The van der Waals surface area contributed by atoms with Crippen molar-refractivity contribution in [1.82, 2.24) is 5.32 Å². The summed E-state index contributed by atoms with van der Waals surface area (Å²) in [7, 11) is -2.60. The van der Waals surface area contributed by atoms with E-state index in [-0.39, 0.29) is 10.0 Å². The Bertz CT molecular complexity index is 607. The van der Waals surface area contributed by atoms with Gasteiger partial charge in [-0.25, -0.2) is 17.9 Å². The topological polar surface area (TPSA) is 98.5 Å². The van der Waals surface area contributed by atoms with E-state index in [1.54, 1.807) is 0 Å². The third-order valence-corrected chi connectivity index (χ3v) is 4.42. The van der Waals surface area contributed by atoms with Gasteiger partial charge in [0.2, 0.25) is 10.0 Å². The normalized spacial score (nSPS) is 11.4. The molecule has 1 aromatic rings. The molecule has 0 heterocycles. The second-order valence-electron chi connectivity index (χ2n) is 3.91. The van der Waals surface area contributed by atoms with Crippen molar-refractivity contribution in [3.8, 4) is 0 Å². The maximum Gasteiger partial charge on any atom is 0.252 e. The van der Waals surface area contributed by atoms with Gasteiger partial charge in [-0.2, -0.15) is 0 Å². The number of nitrogens with one attached hydrogen (secondary N) is 1. The van der Waals surface area contributed by atoms with Crippen LogP contribution in [-0.2, 0) is 14.8 Å². The van der Waals surface area contributed by atoms with E-state index in [0.29, 0.717) is 19.6 Å². The molecule has 9 heteroatoms. The number of hydrogen-bond acceptors (Lipinski definition) is 4. The molecule has 0 unspecified atom stereocenters. The zero-order valence-electron chi connectivity index (χ0n) is 10.7. The number of nitrogens with two attached hydrogens (primary N) is 1. The van der Waals surface area contributed by atoms with Crippen molar-refractivity contribution in [2.24, 2.45) is 5.14 Å². The highest BCUT2D eigenvalue weighted by atomic mass is 79.9. The maximum absolute atomic E-state index is 13.4. The molecule has 6 nitrogen and oxygen atoms in total. The van der Waals surface area contributed by atoms with Crippen molar-refractivity contribution >= 4 is 31.9 Å². The first-order valence-electron chi connectivity index (χ1n) is 5.56. The summed E-state index contributed by atoms with van der Waals surface area (Å²) in [5, 5.41) is 7.49. The molecule has 0 aromatic heterocycles. The smallest absolute Gasteiger partial charge is 0.252 e. The molecule has 1 rings (SSSR count). The van der Waals surface area contributed by atoms with Gasteiger partial charge in [0, 0.05) is 20.3 Å². The summed E-state index contributed by atoms with van der Waals surface area (Å²) in [6.45, 7) is 0.785. The van der Waals surface area contributed by atoms with E-state index in [1.807, 2.05) is 0 Å². The van der Waals surface area contributed by atoms with Crippen LogP contribution < -0.4 is 10.5 Å². The van der Waals surface area contributed by atoms with Gasteiger partial charge < -0.3 is 10.1 Å². The van der Waals surface area contributed by atoms with Gasteiger partial charge in [0.15, 0.2) is 0 Å². The Morgan fingerprint density at radius 2 is 2.15 bits per heavy atom. The summed E-state index contributed by atoms with van der Waals surface area (Å²) in [4.78, 5) is 11.4. The van der Waals surface area contributed by atoms with Crippen LogP contribution in [0.25, 0.3) is 0 Å².